The second-order valence-electron chi connectivity index (χ2n) is 2.75. The molecule has 0 saturated heterocycles. The summed E-state index contributed by atoms with van der Waals surface area (Å²) in [6.07, 6.45) is 2.77. The molecule has 0 bridgehead atoms. The Bertz CT molecular complexity index is 270. The highest BCUT2D eigenvalue weighted by atomic mass is 14.9. The Balaban J connectivity index is 2.49. The molecule has 1 aromatic rings. The van der Waals surface area contributed by atoms with Gasteiger partial charge < -0.3 is 11.1 Å². The highest BCUT2D eigenvalue weighted by Crippen LogP contribution is 2.17. The van der Waals surface area contributed by atoms with Gasteiger partial charge in [-0.15, -0.1) is 0 Å². The van der Waals surface area contributed by atoms with E-state index in [1.165, 1.54) is 5.56 Å². The van der Waals surface area contributed by atoms with E-state index in [-0.39, 0.29) is 0 Å². The first kappa shape index (κ1) is 6.61. The Hall–Kier alpha value is -1.09. The SMILES string of the molecule is Nc1ccnc2c1CCNC2. The Labute approximate surface area is 65.6 Å². The zero-order valence-electron chi connectivity index (χ0n) is 6.30. The van der Waals surface area contributed by atoms with E-state index in [1.807, 2.05) is 6.07 Å². The molecule has 0 aromatic carbocycles. The average molecular weight is 149 g/mol. The Morgan fingerprint density at radius 1 is 1.55 bits per heavy atom. The molecular formula is C8H11N3. The third-order valence-corrected chi connectivity index (χ3v) is 2.03. The van der Waals surface area contributed by atoms with Crippen LogP contribution < -0.4 is 11.1 Å². The normalized spacial score (nSPS) is 16.0. The van der Waals surface area contributed by atoms with Gasteiger partial charge in [0.1, 0.15) is 0 Å². The van der Waals surface area contributed by atoms with Gasteiger partial charge in [0.25, 0.3) is 0 Å². The molecule has 0 unspecified atom stereocenters. The molecule has 0 radical (unpaired) electrons. The number of hydrogen-bond donors (Lipinski definition) is 2. The summed E-state index contributed by atoms with van der Waals surface area (Å²) in [6, 6.07) is 1.87. The van der Waals surface area contributed by atoms with Crippen LogP contribution in [0.25, 0.3) is 0 Å². The lowest BCUT2D eigenvalue weighted by atomic mass is 10.1. The van der Waals surface area contributed by atoms with Crippen LogP contribution in [0.3, 0.4) is 0 Å². The lowest BCUT2D eigenvalue weighted by Gasteiger charge is -2.16. The summed E-state index contributed by atoms with van der Waals surface area (Å²) in [6.45, 7) is 1.88. The van der Waals surface area contributed by atoms with Gasteiger partial charge in [-0.05, 0) is 24.6 Å². The second kappa shape index (κ2) is 2.51. The van der Waals surface area contributed by atoms with Gasteiger partial charge in [-0.1, -0.05) is 0 Å². The van der Waals surface area contributed by atoms with Gasteiger partial charge in [-0.25, -0.2) is 0 Å². The monoisotopic (exact) mass is 149 g/mol. The molecule has 3 nitrogen and oxygen atoms in total. The third-order valence-electron chi connectivity index (χ3n) is 2.03. The van der Waals surface area contributed by atoms with Crippen LogP contribution >= 0.6 is 0 Å². The van der Waals surface area contributed by atoms with Crippen molar-refractivity contribution in [3.63, 3.8) is 0 Å². The van der Waals surface area contributed by atoms with E-state index < -0.39 is 0 Å². The van der Waals surface area contributed by atoms with Crippen LogP contribution in [0.1, 0.15) is 11.3 Å². The maximum Gasteiger partial charge on any atom is 0.0594 e. The Kier molecular flexibility index (Phi) is 1.51. The van der Waals surface area contributed by atoms with E-state index in [4.69, 9.17) is 5.73 Å². The highest BCUT2D eigenvalue weighted by molar-refractivity contribution is 5.48. The van der Waals surface area contributed by atoms with Crippen LogP contribution in [-0.4, -0.2) is 11.5 Å². The molecule has 0 spiro atoms. The van der Waals surface area contributed by atoms with Gasteiger partial charge >= 0.3 is 0 Å². The minimum absolute atomic E-state index is 0.861. The largest absolute Gasteiger partial charge is 0.398 e. The molecule has 1 aliphatic rings. The van der Waals surface area contributed by atoms with Crippen molar-refractivity contribution in [3.05, 3.63) is 23.5 Å². The molecule has 3 N–H and O–H groups in total. The molecular weight excluding hydrogens is 138 g/mol. The molecule has 0 saturated carbocycles. The molecule has 2 rings (SSSR count). The van der Waals surface area contributed by atoms with Crippen LogP contribution in [0, 0.1) is 0 Å². The molecule has 0 aliphatic carbocycles. The first-order chi connectivity index (χ1) is 5.38. The van der Waals surface area contributed by atoms with E-state index in [2.05, 4.69) is 10.3 Å². The van der Waals surface area contributed by atoms with Gasteiger partial charge in [0.15, 0.2) is 0 Å². The quantitative estimate of drug-likeness (QED) is 0.558. The standard InChI is InChI=1S/C8H11N3/c9-7-2-4-11-8-5-10-3-1-6(7)8/h2,4,10H,1,3,5H2,(H2,9,11). The van der Waals surface area contributed by atoms with E-state index in [1.54, 1.807) is 6.20 Å². The lowest BCUT2D eigenvalue weighted by molar-refractivity contribution is 0.629. The van der Waals surface area contributed by atoms with Crippen molar-refractivity contribution in [1.82, 2.24) is 10.3 Å². The van der Waals surface area contributed by atoms with Crippen LogP contribution in [0.2, 0.25) is 0 Å². The molecule has 11 heavy (non-hydrogen) atoms. The van der Waals surface area contributed by atoms with Gasteiger partial charge in [-0.2, -0.15) is 0 Å². The summed E-state index contributed by atoms with van der Waals surface area (Å²) in [7, 11) is 0. The highest BCUT2D eigenvalue weighted by Gasteiger charge is 2.10. The number of nitrogens with two attached hydrogens (primary N) is 1. The van der Waals surface area contributed by atoms with E-state index in [9.17, 15) is 0 Å². The molecule has 3 heteroatoms. The van der Waals surface area contributed by atoms with Crippen LogP contribution in [0.15, 0.2) is 12.3 Å². The Morgan fingerprint density at radius 3 is 3.27 bits per heavy atom. The number of hydrogen-bond acceptors (Lipinski definition) is 3. The fourth-order valence-electron chi connectivity index (χ4n) is 1.41. The maximum atomic E-state index is 5.77. The first-order valence-electron chi connectivity index (χ1n) is 3.81. The van der Waals surface area contributed by atoms with Crippen molar-refractivity contribution in [3.8, 4) is 0 Å². The van der Waals surface area contributed by atoms with Crippen molar-refractivity contribution >= 4 is 5.69 Å². The lowest BCUT2D eigenvalue weighted by Crippen LogP contribution is -2.25. The fraction of sp³-hybridized carbons (Fsp3) is 0.375. The predicted octanol–water partition coefficient (Wildman–Crippen LogP) is 0.309. The number of rotatable bonds is 0. The minimum atomic E-state index is 0.861. The summed E-state index contributed by atoms with van der Waals surface area (Å²) in [5.41, 5.74) is 8.99. The summed E-state index contributed by atoms with van der Waals surface area (Å²) in [5.74, 6) is 0. The molecule has 1 aliphatic heterocycles. The molecule has 0 fully saturated rings. The minimum Gasteiger partial charge on any atom is -0.398 e. The third kappa shape index (κ3) is 1.07. The van der Waals surface area contributed by atoms with Crippen molar-refractivity contribution in [2.45, 2.75) is 13.0 Å². The van der Waals surface area contributed by atoms with Crippen molar-refractivity contribution in [2.24, 2.45) is 0 Å². The van der Waals surface area contributed by atoms with Gasteiger partial charge in [0.2, 0.25) is 0 Å². The number of pyridine rings is 1. The van der Waals surface area contributed by atoms with E-state index in [0.717, 1.165) is 30.9 Å². The van der Waals surface area contributed by atoms with E-state index >= 15 is 0 Å². The zero-order chi connectivity index (χ0) is 7.68. The smallest absolute Gasteiger partial charge is 0.0594 e. The second-order valence-corrected chi connectivity index (χ2v) is 2.75. The molecule has 58 valence electrons. The van der Waals surface area contributed by atoms with Crippen LogP contribution in [0.5, 0.6) is 0 Å². The first-order valence-corrected chi connectivity index (χ1v) is 3.81. The number of anilines is 1. The van der Waals surface area contributed by atoms with Gasteiger partial charge in [0.05, 0.1) is 5.69 Å². The fourth-order valence-corrected chi connectivity index (χ4v) is 1.41. The number of nitrogens with one attached hydrogen (secondary N) is 1. The van der Waals surface area contributed by atoms with Crippen molar-refractivity contribution < 1.29 is 0 Å². The van der Waals surface area contributed by atoms with Gasteiger partial charge in [-0.3, -0.25) is 4.98 Å². The number of aromatic nitrogens is 1. The summed E-state index contributed by atoms with van der Waals surface area (Å²) in [4.78, 5) is 4.24. The van der Waals surface area contributed by atoms with Gasteiger partial charge in [0, 0.05) is 18.4 Å². The number of nitrogens with zero attached hydrogens (tertiary/aromatic N) is 1. The molecule has 0 atom stereocenters. The van der Waals surface area contributed by atoms with Crippen LogP contribution in [0.4, 0.5) is 5.69 Å². The maximum absolute atomic E-state index is 5.77. The van der Waals surface area contributed by atoms with Crippen molar-refractivity contribution in [1.29, 1.82) is 0 Å². The average Bonchev–Trinajstić information content (AvgIpc) is 2.06. The van der Waals surface area contributed by atoms with Crippen LogP contribution in [-0.2, 0) is 13.0 Å². The molecule has 2 heterocycles. The summed E-state index contributed by atoms with van der Waals surface area (Å²) < 4.78 is 0. The summed E-state index contributed by atoms with van der Waals surface area (Å²) >= 11 is 0. The topological polar surface area (TPSA) is 50.9 Å². The van der Waals surface area contributed by atoms with Crippen molar-refractivity contribution in [2.75, 3.05) is 12.3 Å². The predicted molar refractivity (Wildman–Crippen MR) is 44.1 cm³/mol. The summed E-state index contributed by atoms with van der Waals surface area (Å²) in [5, 5.41) is 3.25. The number of nitrogen functional groups attached to an aromatic ring is 1. The number of fused-ring (bicyclic) bond motifs is 1. The molecule has 1 aromatic heterocycles. The Morgan fingerprint density at radius 2 is 2.45 bits per heavy atom. The van der Waals surface area contributed by atoms with E-state index in [0.29, 0.717) is 0 Å². The molecule has 0 amide bonds. The zero-order valence-corrected chi connectivity index (χ0v) is 6.30.